The summed E-state index contributed by atoms with van der Waals surface area (Å²) in [5.41, 5.74) is 5.51. The fraction of sp³-hybridized carbons (Fsp3) is 0.600. The number of rotatable bonds is 4. The Morgan fingerprint density at radius 1 is 1.69 bits per heavy atom. The predicted octanol–water partition coefficient (Wildman–Crippen LogP) is 1.22. The molecule has 92 valence electrons. The van der Waals surface area contributed by atoms with Crippen LogP contribution < -0.4 is 5.73 Å². The molecule has 1 rings (SSSR count). The molecular formula is C10H18ClN3OS. The van der Waals surface area contributed by atoms with Crippen LogP contribution >= 0.6 is 23.7 Å². The highest BCUT2D eigenvalue weighted by Gasteiger charge is 2.13. The maximum absolute atomic E-state index is 11.5. The number of halogens is 1. The van der Waals surface area contributed by atoms with E-state index in [0.29, 0.717) is 6.54 Å². The number of hydrogen-bond donors (Lipinski definition) is 1. The van der Waals surface area contributed by atoms with Crippen LogP contribution in [0.3, 0.4) is 0 Å². The second-order valence-electron chi connectivity index (χ2n) is 3.66. The van der Waals surface area contributed by atoms with Gasteiger partial charge in [-0.15, -0.1) is 23.7 Å². The maximum Gasteiger partial charge on any atom is 0.238 e. The lowest BCUT2D eigenvalue weighted by Gasteiger charge is -2.18. The molecule has 1 unspecified atom stereocenters. The zero-order valence-electron chi connectivity index (χ0n) is 9.77. The highest BCUT2D eigenvalue weighted by atomic mass is 35.5. The van der Waals surface area contributed by atoms with Crippen LogP contribution in [0, 0.1) is 6.92 Å². The molecule has 2 N–H and O–H groups in total. The average Bonchev–Trinajstić information content (AvgIpc) is 2.59. The van der Waals surface area contributed by atoms with Gasteiger partial charge in [-0.2, -0.15) is 0 Å². The SMILES string of the molecule is Cc1cnc(CCN(C)C(=O)C(C)N)s1.Cl. The Kier molecular flexibility index (Phi) is 6.55. The van der Waals surface area contributed by atoms with Crippen LogP contribution in [0.25, 0.3) is 0 Å². The smallest absolute Gasteiger partial charge is 0.238 e. The number of aryl methyl sites for hydroxylation is 1. The summed E-state index contributed by atoms with van der Waals surface area (Å²) in [4.78, 5) is 18.5. The third-order valence-electron chi connectivity index (χ3n) is 2.10. The van der Waals surface area contributed by atoms with Gasteiger partial charge in [0.25, 0.3) is 0 Å². The highest BCUT2D eigenvalue weighted by Crippen LogP contribution is 2.11. The summed E-state index contributed by atoms with van der Waals surface area (Å²) in [6.07, 6.45) is 2.65. The molecule has 6 heteroatoms. The Balaban J connectivity index is 0.00000225. The Hall–Kier alpha value is -0.650. The molecule has 0 bridgehead atoms. The molecule has 1 amide bonds. The monoisotopic (exact) mass is 263 g/mol. The van der Waals surface area contributed by atoms with Gasteiger partial charge in [0.1, 0.15) is 0 Å². The first-order valence-electron chi connectivity index (χ1n) is 4.92. The van der Waals surface area contributed by atoms with E-state index >= 15 is 0 Å². The van der Waals surface area contributed by atoms with Gasteiger partial charge in [-0.1, -0.05) is 0 Å². The highest BCUT2D eigenvalue weighted by molar-refractivity contribution is 7.11. The summed E-state index contributed by atoms with van der Waals surface area (Å²) in [5.74, 6) is -0.0247. The Labute approximate surface area is 106 Å². The summed E-state index contributed by atoms with van der Waals surface area (Å²) in [7, 11) is 1.77. The van der Waals surface area contributed by atoms with Crippen LogP contribution in [-0.2, 0) is 11.2 Å². The van der Waals surface area contributed by atoms with Gasteiger partial charge in [-0.3, -0.25) is 4.79 Å². The summed E-state index contributed by atoms with van der Waals surface area (Å²) < 4.78 is 0. The van der Waals surface area contributed by atoms with Gasteiger partial charge in [0.15, 0.2) is 0 Å². The van der Waals surface area contributed by atoms with Crippen LogP contribution in [0.4, 0.5) is 0 Å². The lowest BCUT2D eigenvalue weighted by Crippen LogP contribution is -2.40. The molecule has 0 radical (unpaired) electrons. The summed E-state index contributed by atoms with van der Waals surface area (Å²) in [5, 5.41) is 1.07. The third kappa shape index (κ3) is 4.47. The first-order chi connectivity index (χ1) is 7.00. The van der Waals surface area contributed by atoms with Crippen molar-refractivity contribution in [1.29, 1.82) is 0 Å². The first kappa shape index (κ1) is 15.3. The molecule has 0 aliphatic rings. The van der Waals surface area contributed by atoms with Crippen LogP contribution in [0.1, 0.15) is 16.8 Å². The molecule has 1 atom stereocenters. The number of hydrogen-bond acceptors (Lipinski definition) is 4. The second-order valence-corrected chi connectivity index (χ2v) is 4.98. The molecule has 16 heavy (non-hydrogen) atoms. The fourth-order valence-electron chi connectivity index (χ4n) is 1.24. The number of thiazole rings is 1. The van der Waals surface area contributed by atoms with Crippen molar-refractivity contribution in [2.45, 2.75) is 26.3 Å². The summed E-state index contributed by atoms with van der Waals surface area (Å²) in [6.45, 7) is 4.40. The molecule has 0 aliphatic carbocycles. The minimum atomic E-state index is -0.423. The van der Waals surface area contributed by atoms with E-state index in [2.05, 4.69) is 4.98 Å². The first-order valence-corrected chi connectivity index (χ1v) is 5.74. The molecule has 0 saturated heterocycles. The minimum Gasteiger partial charge on any atom is -0.344 e. The van der Waals surface area contributed by atoms with Crippen molar-refractivity contribution < 1.29 is 4.79 Å². The van der Waals surface area contributed by atoms with Crippen molar-refractivity contribution in [3.05, 3.63) is 16.1 Å². The van der Waals surface area contributed by atoms with E-state index in [-0.39, 0.29) is 18.3 Å². The lowest BCUT2D eigenvalue weighted by atomic mass is 10.3. The van der Waals surface area contributed by atoms with E-state index in [1.54, 1.807) is 30.2 Å². The van der Waals surface area contributed by atoms with E-state index in [1.807, 2.05) is 13.1 Å². The van der Waals surface area contributed by atoms with Crippen molar-refractivity contribution >= 4 is 29.7 Å². The molecule has 0 fully saturated rings. The predicted molar refractivity (Wildman–Crippen MR) is 69.1 cm³/mol. The molecule has 1 heterocycles. The van der Waals surface area contributed by atoms with Gasteiger partial charge < -0.3 is 10.6 Å². The summed E-state index contributed by atoms with van der Waals surface area (Å²) >= 11 is 1.67. The van der Waals surface area contributed by atoms with Crippen LogP contribution in [-0.4, -0.2) is 35.4 Å². The van der Waals surface area contributed by atoms with Crippen LogP contribution in [0.5, 0.6) is 0 Å². The van der Waals surface area contributed by atoms with Crippen molar-refractivity contribution in [3.63, 3.8) is 0 Å². The number of nitrogens with two attached hydrogens (primary N) is 1. The maximum atomic E-state index is 11.5. The molecule has 1 aromatic rings. The van der Waals surface area contributed by atoms with Gasteiger partial charge in [0, 0.05) is 31.1 Å². The van der Waals surface area contributed by atoms with Crippen molar-refractivity contribution in [2.24, 2.45) is 5.73 Å². The topological polar surface area (TPSA) is 59.2 Å². The Morgan fingerprint density at radius 2 is 2.31 bits per heavy atom. The number of nitrogens with zero attached hydrogens (tertiary/aromatic N) is 2. The Bertz CT molecular complexity index is 341. The van der Waals surface area contributed by atoms with Crippen LogP contribution in [0.15, 0.2) is 6.20 Å². The molecule has 0 aliphatic heterocycles. The van der Waals surface area contributed by atoms with E-state index in [1.165, 1.54) is 4.88 Å². The van der Waals surface area contributed by atoms with Crippen molar-refractivity contribution in [1.82, 2.24) is 9.88 Å². The summed E-state index contributed by atoms with van der Waals surface area (Å²) in [6, 6.07) is -0.423. The average molecular weight is 264 g/mol. The van der Waals surface area contributed by atoms with E-state index in [4.69, 9.17) is 5.73 Å². The largest absolute Gasteiger partial charge is 0.344 e. The van der Waals surface area contributed by atoms with Gasteiger partial charge in [-0.25, -0.2) is 4.98 Å². The van der Waals surface area contributed by atoms with Crippen LogP contribution in [0.2, 0.25) is 0 Å². The number of amides is 1. The van der Waals surface area contributed by atoms with Gasteiger partial charge in [0.05, 0.1) is 11.0 Å². The third-order valence-corrected chi connectivity index (χ3v) is 3.07. The van der Waals surface area contributed by atoms with Gasteiger partial charge >= 0.3 is 0 Å². The standard InChI is InChI=1S/C10H17N3OS.ClH/c1-7-6-12-9(15-7)4-5-13(3)10(14)8(2)11;/h6,8H,4-5,11H2,1-3H3;1H. The molecule has 0 spiro atoms. The van der Waals surface area contributed by atoms with Gasteiger partial charge in [0.2, 0.25) is 5.91 Å². The minimum absolute atomic E-state index is 0. The second kappa shape index (κ2) is 6.83. The number of likely N-dealkylation sites (N-methyl/N-ethyl adjacent to an activating group) is 1. The number of aromatic nitrogens is 1. The molecule has 4 nitrogen and oxygen atoms in total. The van der Waals surface area contributed by atoms with Gasteiger partial charge in [-0.05, 0) is 13.8 Å². The Morgan fingerprint density at radius 3 is 2.75 bits per heavy atom. The quantitative estimate of drug-likeness (QED) is 0.889. The van der Waals surface area contributed by atoms with Crippen molar-refractivity contribution in [3.8, 4) is 0 Å². The number of carbonyl (C=O) groups excluding carboxylic acids is 1. The lowest BCUT2D eigenvalue weighted by molar-refractivity contribution is -0.130. The fourth-order valence-corrected chi connectivity index (χ4v) is 2.01. The zero-order valence-corrected chi connectivity index (χ0v) is 11.4. The normalized spacial score (nSPS) is 11.8. The van der Waals surface area contributed by atoms with Crippen molar-refractivity contribution in [2.75, 3.05) is 13.6 Å². The van der Waals surface area contributed by atoms with E-state index in [9.17, 15) is 4.79 Å². The zero-order chi connectivity index (χ0) is 11.4. The molecule has 1 aromatic heterocycles. The number of carbonyl (C=O) groups is 1. The van der Waals surface area contributed by atoms with E-state index in [0.717, 1.165) is 11.4 Å². The molecular weight excluding hydrogens is 246 g/mol. The van der Waals surface area contributed by atoms with E-state index < -0.39 is 6.04 Å². The molecule has 0 saturated carbocycles. The molecule has 0 aromatic carbocycles.